The Morgan fingerprint density at radius 3 is 2.14 bits per heavy atom. The minimum atomic E-state index is -3.66. The summed E-state index contributed by atoms with van der Waals surface area (Å²) in [5.74, 6) is 0.258. The molecular weight excluding hydrogens is 376 g/mol. The Hall–Kier alpha value is -2.54. The van der Waals surface area contributed by atoms with Crippen LogP contribution in [0.5, 0.6) is 5.75 Å². The number of hydrogen-bond donors (Lipinski definition) is 1. The molecule has 0 saturated carbocycles. The second kappa shape index (κ2) is 9.10. The van der Waals surface area contributed by atoms with Crippen LogP contribution in [0.2, 0.25) is 0 Å². The van der Waals surface area contributed by atoms with Gasteiger partial charge in [-0.15, -0.1) is 0 Å². The number of methoxy groups -OCH3 is 1. The third kappa shape index (κ3) is 5.25. The average molecular weight is 405 g/mol. The Morgan fingerprint density at radius 1 is 1.11 bits per heavy atom. The van der Waals surface area contributed by atoms with Gasteiger partial charge in [0.2, 0.25) is 15.9 Å². The van der Waals surface area contributed by atoms with Crippen LogP contribution in [-0.2, 0) is 14.8 Å². The lowest BCUT2D eigenvalue weighted by molar-refractivity contribution is -0.122. The summed E-state index contributed by atoms with van der Waals surface area (Å²) in [6.07, 6.45) is 1.79. The van der Waals surface area contributed by atoms with E-state index in [4.69, 9.17) is 4.74 Å². The molecule has 0 fully saturated rings. The highest BCUT2D eigenvalue weighted by atomic mass is 32.2. The second-order valence-corrected chi connectivity index (χ2v) is 8.67. The molecule has 0 aliphatic heterocycles. The van der Waals surface area contributed by atoms with E-state index >= 15 is 0 Å². The summed E-state index contributed by atoms with van der Waals surface area (Å²) in [4.78, 5) is 12.9. The Bertz CT molecular complexity index is 893. The maximum Gasteiger partial charge on any atom is 0.244 e. The molecule has 0 aliphatic carbocycles. The van der Waals surface area contributed by atoms with Gasteiger partial charge in [0.15, 0.2) is 0 Å². The molecule has 2 aromatic rings. The summed E-state index contributed by atoms with van der Waals surface area (Å²) in [6, 6.07) is 13.4. The second-order valence-electron chi connectivity index (χ2n) is 6.81. The van der Waals surface area contributed by atoms with Gasteiger partial charge < -0.3 is 10.1 Å². The monoisotopic (exact) mass is 404 g/mol. The number of sulfonamides is 1. The zero-order chi connectivity index (χ0) is 20.9. The summed E-state index contributed by atoms with van der Waals surface area (Å²) in [5.41, 5.74) is 2.54. The number of carbonyl (C=O) groups excluding carboxylic acids is 1. The number of rotatable bonds is 8. The van der Waals surface area contributed by atoms with E-state index in [1.165, 1.54) is 7.11 Å². The number of anilines is 1. The minimum Gasteiger partial charge on any atom is -0.497 e. The molecule has 0 spiro atoms. The largest absolute Gasteiger partial charge is 0.497 e. The summed E-state index contributed by atoms with van der Waals surface area (Å²) >= 11 is 0. The number of nitrogens with zero attached hydrogens (tertiary/aromatic N) is 1. The minimum absolute atomic E-state index is 0.187. The highest BCUT2D eigenvalue weighted by Gasteiger charge is 2.30. The Balaban J connectivity index is 2.26. The molecule has 0 heterocycles. The van der Waals surface area contributed by atoms with Gasteiger partial charge in [0.25, 0.3) is 0 Å². The van der Waals surface area contributed by atoms with Gasteiger partial charge in [0.1, 0.15) is 11.8 Å². The van der Waals surface area contributed by atoms with E-state index in [-0.39, 0.29) is 11.9 Å². The lowest BCUT2D eigenvalue weighted by atomic mass is 10.0. The van der Waals surface area contributed by atoms with Crippen molar-refractivity contribution in [2.24, 2.45) is 0 Å². The summed E-state index contributed by atoms with van der Waals surface area (Å²) < 4.78 is 31.1. The smallest absolute Gasteiger partial charge is 0.244 e. The van der Waals surface area contributed by atoms with Crippen LogP contribution < -0.4 is 14.4 Å². The molecule has 28 heavy (non-hydrogen) atoms. The maximum atomic E-state index is 12.9. The van der Waals surface area contributed by atoms with Crippen molar-refractivity contribution in [3.05, 3.63) is 59.7 Å². The van der Waals surface area contributed by atoms with Gasteiger partial charge in [-0.1, -0.05) is 36.8 Å². The average Bonchev–Trinajstić information content (AvgIpc) is 2.66. The van der Waals surface area contributed by atoms with Crippen LogP contribution in [0.15, 0.2) is 48.5 Å². The van der Waals surface area contributed by atoms with Gasteiger partial charge in [0, 0.05) is 0 Å². The molecule has 1 N–H and O–H groups in total. The first-order chi connectivity index (χ1) is 13.2. The number of ether oxygens (including phenoxy) is 1. The van der Waals surface area contributed by atoms with E-state index in [1.54, 1.807) is 31.2 Å². The molecule has 1 amide bonds. The number of carbonyl (C=O) groups is 1. The molecule has 0 aliphatic rings. The molecule has 2 unspecified atom stereocenters. The maximum absolute atomic E-state index is 12.9. The van der Waals surface area contributed by atoms with E-state index in [0.29, 0.717) is 17.9 Å². The number of aryl methyl sites for hydroxylation is 1. The van der Waals surface area contributed by atoms with Crippen LogP contribution in [0.1, 0.15) is 37.4 Å². The van der Waals surface area contributed by atoms with Crippen LogP contribution in [0.25, 0.3) is 0 Å². The molecule has 6 nitrogen and oxygen atoms in total. The van der Waals surface area contributed by atoms with Gasteiger partial charge in [-0.05, 0) is 50.1 Å². The van der Waals surface area contributed by atoms with Crippen molar-refractivity contribution in [3.8, 4) is 5.75 Å². The first-order valence-corrected chi connectivity index (χ1v) is 11.0. The van der Waals surface area contributed by atoms with Crippen molar-refractivity contribution < 1.29 is 17.9 Å². The fourth-order valence-electron chi connectivity index (χ4n) is 3.05. The van der Waals surface area contributed by atoms with Crippen molar-refractivity contribution in [2.45, 2.75) is 39.3 Å². The van der Waals surface area contributed by atoms with E-state index in [2.05, 4.69) is 5.32 Å². The van der Waals surface area contributed by atoms with Crippen LogP contribution in [0.3, 0.4) is 0 Å². The van der Waals surface area contributed by atoms with E-state index < -0.39 is 16.1 Å². The van der Waals surface area contributed by atoms with Crippen LogP contribution in [0.4, 0.5) is 5.69 Å². The first kappa shape index (κ1) is 21.8. The molecule has 2 aromatic carbocycles. The summed E-state index contributed by atoms with van der Waals surface area (Å²) in [7, 11) is -2.13. The normalized spacial score (nSPS) is 13.5. The third-order valence-electron chi connectivity index (χ3n) is 4.62. The highest BCUT2D eigenvalue weighted by molar-refractivity contribution is 7.92. The highest BCUT2D eigenvalue weighted by Crippen LogP contribution is 2.25. The molecule has 0 aromatic heterocycles. The van der Waals surface area contributed by atoms with Gasteiger partial charge in [-0.2, -0.15) is 0 Å². The van der Waals surface area contributed by atoms with Gasteiger partial charge >= 0.3 is 0 Å². The SMILES string of the molecule is CCC(NC(=O)C(C)N(c1ccc(OC)cc1)S(C)(=O)=O)c1ccc(C)cc1. The van der Waals surface area contributed by atoms with Gasteiger partial charge in [-0.25, -0.2) is 8.42 Å². The molecule has 152 valence electrons. The van der Waals surface area contributed by atoms with Crippen LogP contribution in [-0.4, -0.2) is 33.7 Å². The lowest BCUT2D eigenvalue weighted by Gasteiger charge is -2.30. The third-order valence-corrected chi connectivity index (χ3v) is 5.86. The predicted octanol–water partition coefficient (Wildman–Crippen LogP) is 3.43. The topological polar surface area (TPSA) is 75.7 Å². The Morgan fingerprint density at radius 2 is 1.68 bits per heavy atom. The van der Waals surface area contributed by atoms with Crippen LogP contribution >= 0.6 is 0 Å². The number of hydrogen-bond acceptors (Lipinski definition) is 4. The zero-order valence-corrected chi connectivity index (χ0v) is 17.8. The Labute approximate surface area is 167 Å². The van der Waals surface area contributed by atoms with E-state index in [0.717, 1.165) is 21.7 Å². The molecule has 0 radical (unpaired) electrons. The summed E-state index contributed by atoms with van der Waals surface area (Å²) in [6.45, 7) is 5.57. The molecule has 2 atom stereocenters. The van der Waals surface area contributed by atoms with Crippen molar-refractivity contribution >= 4 is 21.6 Å². The van der Waals surface area contributed by atoms with Crippen LogP contribution in [0, 0.1) is 6.92 Å². The molecular formula is C21H28N2O4S. The fraction of sp³-hybridized carbons (Fsp3) is 0.381. The number of benzene rings is 2. The molecule has 2 rings (SSSR count). The van der Waals surface area contributed by atoms with Gasteiger partial charge in [-0.3, -0.25) is 9.10 Å². The molecule has 0 bridgehead atoms. The molecule has 7 heteroatoms. The fourth-order valence-corrected chi connectivity index (χ4v) is 4.22. The lowest BCUT2D eigenvalue weighted by Crippen LogP contribution is -2.48. The van der Waals surface area contributed by atoms with Crippen molar-refractivity contribution in [2.75, 3.05) is 17.7 Å². The summed E-state index contributed by atoms with van der Waals surface area (Å²) in [5, 5.41) is 2.98. The Kier molecular flexibility index (Phi) is 7.07. The van der Waals surface area contributed by atoms with E-state index in [1.807, 2.05) is 38.1 Å². The van der Waals surface area contributed by atoms with Crippen molar-refractivity contribution in [1.82, 2.24) is 5.32 Å². The van der Waals surface area contributed by atoms with Gasteiger partial charge in [0.05, 0.1) is 25.1 Å². The number of nitrogens with one attached hydrogen (secondary N) is 1. The number of amides is 1. The van der Waals surface area contributed by atoms with E-state index in [9.17, 15) is 13.2 Å². The standard InChI is InChI=1S/C21H28N2O4S/c1-6-20(17-9-7-15(2)8-10-17)22-21(24)16(3)23(28(5,25)26)18-11-13-19(27-4)14-12-18/h7-14,16,20H,6H2,1-5H3,(H,22,24). The quantitative estimate of drug-likeness (QED) is 0.731. The first-order valence-electron chi connectivity index (χ1n) is 9.17. The zero-order valence-electron chi connectivity index (χ0n) is 17.0. The molecule has 0 saturated heterocycles. The van der Waals surface area contributed by atoms with Crippen molar-refractivity contribution in [3.63, 3.8) is 0 Å². The predicted molar refractivity (Wildman–Crippen MR) is 112 cm³/mol. The van der Waals surface area contributed by atoms with Crippen molar-refractivity contribution in [1.29, 1.82) is 0 Å².